The van der Waals surface area contributed by atoms with Crippen LogP contribution in [0.15, 0.2) is 42.6 Å². The van der Waals surface area contributed by atoms with Crippen molar-refractivity contribution in [3.63, 3.8) is 0 Å². The second-order valence-corrected chi connectivity index (χ2v) is 19.1. The van der Waals surface area contributed by atoms with Crippen molar-refractivity contribution in [2.24, 2.45) is 36.6 Å². The summed E-state index contributed by atoms with van der Waals surface area (Å²) in [6.45, 7) is 16.9. The third kappa shape index (κ3) is 11.8. The number of amides is 2. The second-order valence-electron chi connectivity index (χ2n) is 19.1. The van der Waals surface area contributed by atoms with Crippen LogP contribution in [0.4, 0.5) is 9.59 Å². The number of ketones is 1. The minimum absolute atomic E-state index is 0.0615. The van der Waals surface area contributed by atoms with Crippen LogP contribution < -0.4 is 10.6 Å². The number of aryl methyl sites for hydroxylation is 1. The molecule has 17 nitrogen and oxygen atoms in total. The highest BCUT2D eigenvalue weighted by molar-refractivity contribution is 5.85. The van der Waals surface area contributed by atoms with Crippen LogP contribution >= 0.6 is 0 Å². The molecule has 3 N–H and O–H groups in total. The van der Waals surface area contributed by atoms with Crippen LogP contribution in [0.1, 0.15) is 94.1 Å². The molecule has 2 aromatic rings. The van der Waals surface area contributed by atoms with Crippen molar-refractivity contribution in [3.8, 4) is 11.3 Å². The van der Waals surface area contributed by atoms with Gasteiger partial charge in [-0.2, -0.15) is 5.10 Å². The molecule has 3 aliphatic heterocycles. The molecular weight excluding hydrogens is 839 g/mol. The van der Waals surface area contributed by atoms with Gasteiger partial charge in [-0.25, -0.2) is 9.59 Å². The maximum Gasteiger partial charge on any atom is 0.408 e. The molecule has 4 heterocycles. The molecule has 0 aliphatic carbocycles. The SMILES string of the molecule is CC[C@H]1OC(=O)[C@H](C)[C@@H](OC(=O)C(C)C)[C@H](C)[C@@H](O[C@@H]2O[C@H](C)C[C@H](N(C)C)[C@H]2O)[C@](C)(OC(=O)NCC=Cc2ccc(-c3ccn(C)n3)cc2)C[C@@H](C)C(=O)[C@H](C)[C@H]2NC(=O)O[C@@]21C. The zero-order valence-corrected chi connectivity index (χ0v) is 40.2. The zero-order chi connectivity index (χ0) is 48.1. The molecule has 0 bridgehead atoms. The maximum absolute atomic E-state index is 14.7. The van der Waals surface area contributed by atoms with E-state index >= 15 is 0 Å². The molecule has 0 spiro atoms. The lowest BCUT2D eigenvalue weighted by Crippen LogP contribution is -2.61. The molecule has 2 amide bonds. The van der Waals surface area contributed by atoms with Crippen LogP contribution in [0.3, 0.4) is 0 Å². The first-order valence-corrected chi connectivity index (χ1v) is 22.8. The third-order valence-corrected chi connectivity index (χ3v) is 13.3. The van der Waals surface area contributed by atoms with Gasteiger partial charge in [-0.15, -0.1) is 0 Å². The van der Waals surface area contributed by atoms with Gasteiger partial charge in [-0.1, -0.05) is 78.0 Å². The Bertz CT molecular complexity index is 2020. The highest BCUT2D eigenvalue weighted by Gasteiger charge is 2.58. The van der Waals surface area contributed by atoms with Gasteiger partial charge >= 0.3 is 24.1 Å². The van der Waals surface area contributed by atoms with Gasteiger partial charge in [-0.3, -0.25) is 19.1 Å². The fourth-order valence-electron chi connectivity index (χ4n) is 9.62. The van der Waals surface area contributed by atoms with E-state index in [1.807, 2.05) is 75.6 Å². The Morgan fingerprint density at radius 1 is 1.06 bits per heavy atom. The van der Waals surface area contributed by atoms with E-state index in [0.29, 0.717) is 6.42 Å². The number of benzene rings is 1. The molecule has 0 saturated carbocycles. The first kappa shape index (κ1) is 51.1. The molecule has 65 heavy (non-hydrogen) atoms. The van der Waals surface area contributed by atoms with E-state index in [1.165, 1.54) is 0 Å². The van der Waals surface area contributed by atoms with Crippen LogP contribution in [0.25, 0.3) is 17.3 Å². The molecule has 0 unspecified atom stereocenters. The van der Waals surface area contributed by atoms with Gasteiger partial charge in [0.25, 0.3) is 0 Å². The van der Waals surface area contributed by atoms with E-state index < -0.39 is 102 Å². The van der Waals surface area contributed by atoms with Crippen LogP contribution in [0.2, 0.25) is 0 Å². The Morgan fingerprint density at radius 2 is 1.74 bits per heavy atom. The molecular formula is C48H71N5O12. The number of esters is 2. The largest absolute Gasteiger partial charge is 0.461 e. The molecule has 3 saturated heterocycles. The predicted molar refractivity (Wildman–Crippen MR) is 241 cm³/mol. The lowest BCUT2D eigenvalue weighted by molar-refractivity contribution is -0.298. The number of Topliss-reactive ketones (excluding diaryl/α,β-unsaturated/α-hetero) is 1. The van der Waals surface area contributed by atoms with Gasteiger partial charge < -0.3 is 49.1 Å². The smallest absolute Gasteiger partial charge is 0.408 e. The topological polar surface area (TPSA) is 206 Å². The van der Waals surface area contributed by atoms with Crippen LogP contribution in [0, 0.1) is 29.6 Å². The average molecular weight is 910 g/mol. The number of aliphatic hydroxyl groups is 1. The van der Waals surface area contributed by atoms with Crippen LogP contribution in [0.5, 0.6) is 0 Å². The number of hydrogen-bond donors (Lipinski definition) is 3. The number of likely N-dealkylation sites (N-methyl/N-ethyl adjacent to an activating group) is 1. The number of hydrogen-bond acceptors (Lipinski definition) is 14. The summed E-state index contributed by atoms with van der Waals surface area (Å²) in [5.74, 6) is -6.10. The second kappa shape index (κ2) is 21.2. The number of carbonyl (C=O) groups is 5. The first-order chi connectivity index (χ1) is 30.5. The highest BCUT2D eigenvalue weighted by Crippen LogP contribution is 2.42. The fourth-order valence-corrected chi connectivity index (χ4v) is 9.62. The molecule has 3 fully saturated rings. The van der Waals surface area contributed by atoms with E-state index in [0.717, 1.165) is 16.8 Å². The Balaban J connectivity index is 1.56. The number of aliphatic hydroxyl groups excluding tert-OH is 1. The predicted octanol–water partition coefficient (Wildman–Crippen LogP) is 5.67. The number of nitrogens with zero attached hydrogens (tertiary/aromatic N) is 3. The maximum atomic E-state index is 14.7. The Morgan fingerprint density at radius 3 is 2.34 bits per heavy atom. The van der Waals surface area contributed by atoms with E-state index in [1.54, 1.807) is 73.1 Å². The summed E-state index contributed by atoms with van der Waals surface area (Å²) >= 11 is 0. The first-order valence-electron chi connectivity index (χ1n) is 22.8. The van der Waals surface area contributed by atoms with Gasteiger partial charge in [0.05, 0.1) is 29.7 Å². The van der Waals surface area contributed by atoms with E-state index in [9.17, 15) is 29.1 Å². The van der Waals surface area contributed by atoms with Crippen molar-refractivity contribution in [2.45, 2.75) is 149 Å². The quantitative estimate of drug-likeness (QED) is 0.184. The summed E-state index contributed by atoms with van der Waals surface area (Å²) < 4.78 is 39.5. The van der Waals surface area contributed by atoms with E-state index in [-0.39, 0.29) is 37.3 Å². The Kier molecular flexibility index (Phi) is 16.7. The van der Waals surface area contributed by atoms with Gasteiger partial charge in [0.2, 0.25) is 0 Å². The van der Waals surface area contributed by atoms with E-state index in [2.05, 4.69) is 15.7 Å². The van der Waals surface area contributed by atoms with E-state index in [4.69, 9.17) is 28.4 Å². The lowest BCUT2D eigenvalue weighted by Gasteiger charge is -2.48. The summed E-state index contributed by atoms with van der Waals surface area (Å²) in [6.07, 6.45) is -1.91. The molecule has 3 aliphatic rings. The summed E-state index contributed by atoms with van der Waals surface area (Å²) in [5, 5.41) is 21.8. The van der Waals surface area contributed by atoms with Crippen LogP contribution in [-0.4, -0.2) is 130 Å². The Hall–Kier alpha value is -4.84. The van der Waals surface area contributed by atoms with Gasteiger partial charge in [0, 0.05) is 49.1 Å². The normalized spacial score (nSPS) is 34.9. The third-order valence-electron chi connectivity index (χ3n) is 13.3. The molecule has 1 aromatic heterocycles. The molecule has 360 valence electrons. The van der Waals surface area contributed by atoms with Crippen molar-refractivity contribution < 1.29 is 57.5 Å². The lowest BCUT2D eigenvalue weighted by atomic mass is 9.73. The number of fused-ring (bicyclic) bond motifs is 1. The van der Waals surface area contributed by atoms with Crippen molar-refractivity contribution >= 4 is 36.0 Å². The van der Waals surface area contributed by atoms with Crippen molar-refractivity contribution in [2.75, 3.05) is 20.6 Å². The number of nitrogens with one attached hydrogen (secondary N) is 2. The summed E-state index contributed by atoms with van der Waals surface area (Å²) in [7, 11) is 5.54. The minimum atomic E-state index is -1.73. The number of aromatic nitrogens is 2. The standard InChI is InChI=1S/C48H71N5O12/c1-14-36-48(10)40(50-46(59)65-48)29(6)37(54)27(4)25-47(9,64-45(58)49-22-15-16-32-17-19-33(20-18-32)34-21-23-53(13)51-34)41(63-44-38(55)35(52(11)12)24-28(5)60-44)30(7)39(31(8)43(57)61-36)62-42(56)26(2)3/h15-21,23,26-31,35-36,38-41,44,55H,14,22,24-25H2,1-13H3,(H,49,58)(H,50,59)/t27-,28-,29+,30+,31-,35+,36-,38-,39+,40-,41-,44+,47-,48-/m1/s1. The average Bonchev–Trinajstić information content (AvgIpc) is 3.83. The number of cyclic esters (lactones) is 1. The summed E-state index contributed by atoms with van der Waals surface area (Å²) in [5.41, 5.74) is -0.498. The number of alkyl carbamates (subject to hydrolysis) is 2. The van der Waals surface area contributed by atoms with Crippen LogP contribution in [-0.2, 0) is 49.9 Å². The number of rotatable bonds is 11. The van der Waals surface area contributed by atoms with Crippen molar-refractivity contribution in [3.05, 3.63) is 48.2 Å². The fraction of sp³-hybridized carbons (Fsp3) is 0.667. The minimum Gasteiger partial charge on any atom is -0.461 e. The molecule has 17 heteroatoms. The molecule has 5 rings (SSSR count). The zero-order valence-electron chi connectivity index (χ0n) is 40.2. The summed E-state index contributed by atoms with van der Waals surface area (Å²) in [4.78, 5) is 71.5. The highest BCUT2D eigenvalue weighted by atomic mass is 16.7. The summed E-state index contributed by atoms with van der Waals surface area (Å²) in [6, 6.07) is 8.42. The Labute approximate surface area is 383 Å². The van der Waals surface area contributed by atoms with Crippen molar-refractivity contribution in [1.29, 1.82) is 0 Å². The molecule has 0 radical (unpaired) electrons. The van der Waals surface area contributed by atoms with Crippen molar-refractivity contribution in [1.82, 2.24) is 25.3 Å². The molecule has 1 aromatic carbocycles. The van der Waals surface area contributed by atoms with Gasteiger partial charge in [-0.05, 0) is 72.7 Å². The molecule has 14 atom stereocenters. The monoisotopic (exact) mass is 910 g/mol. The number of carbonyl (C=O) groups excluding carboxylic acids is 5. The van der Waals surface area contributed by atoms with Gasteiger partial charge in [0.15, 0.2) is 11.9 Å². The number of ether oxygens (including phenoxy) is 6. The van der Waals surface area contributed by atoms with Gasteiger partial charge in [0.1, 0.15) is 35.8 Å².